The highest BCUT2D eigenvalue weighted by atomic mass is 16.5. The minimum atomic E-state index is -0.697. The molecule has 1 N–H and O–H groups in total. The summed E-state index contributed by atoms with van der Waals surface area (Å²) in [5, 5.41) is 15.6. The Morgan fingerprint density at radius 2 is 1.79 bits per heavy atom. The summed E-state index contributed by atoms with van der Waals surface area (Å²) in [7, 11) is 1.42. The van der Waals surface area contributed by atoms with Crippen molar-refractivity contribution in [3.63, 3.8) is 0 Å². The smallest absolute Gasteiger partial charge is 0.414 e. The zero-order chi connectivity index (χ0) is 26.9. The highest BCUT2D eigenvalue weighted by molar-refractivity contribution is 5.95. The third-order valence-electron chi connectivity index (χ3n) is 9.26. The summed E-state index contributed by atoms with van der Waals surface area (Å²) in [4.78, 5) is 31.6. The van der Waals surface area contributed by atoms with Crippen molar-refractivity contribution in [2.75, 3.05) is 12.0 Å². The number of para-hydroxylation sites is 1. The molecule has 202 valence electrons. The molecule has 2 saturated carbocycles. The van der Waals surface area contributed by atoms with E-state index in [9.17, 15) is 14.7 Å². The SMILES string of the molecule is COC(=O)N1c2ccc3c(nc(C4(n5ncc6ccccc65)CC4)n3C3CCC(C(=O)O)CC3)c2CCC1C. The number of aromatic nitrogens is 4. The number of carbonyl (C=O) groups excluding carboxylic acids is 1. The predicted octanol–water partition coefficient (Wildman–Crippen LogP) is 5.65. The van der Waals surface area contributed by atoms with Gasteiger partial charge in [0.25, 0.3) is 0 Å². The lowest BCUT2D eigenvalue weighted by Crippen LogP contribution is -2.42. The number of imidazole rings is 1. The Bertz CT molecular complexity index is 1610. The van der Waals surface area contributed by atoms with Crippen molar-refractivity contribution < 1.29 is 19.4 Å². The number of aliphatic carboxylic acids is 1. The van der Waals surface area contributed by atoms with Crippen LogP contribution in [0.2, 0.25) is 0 Å². The zero-order valence-corrected chi connectivity index (χ0v) is 22.3. The second kappa shape index (κ2) is 8.83. The first-order valence-electron chi connectivity index (χ1n) is 14.0. The number of rotatable bonds is 4. The first-order valence-corrected chi connectivity index (χ1v) is 14.0. The monoisotopic (exact) mass is 527 g/mol. The largest absolute Gasteiger partial charge is 0.481 e. The average Bonchev–Trinajstić information content (AvgIpc) is 3.47. The van der Waals surface area contributed by atoms with E-state index in [4.69, 9.17) is 14.8 Å². The zero-order valence-electron chi connectivity index (χ0n) is 22.3. The van der Waals surface area contributed by atoms with E-state index < -0.39 is 5.97 Å². The third kappa shape index (κ3) is 3.58. The lowest BCUT2D eigenvalue weighted by molar-refractivity contribution is -0.143. The van der Waals surface area contributed by atoms with Gasteiger partial charge in [0.2, 0.25) is 0 Å². The fraction of sp³-hybridized carbons (Fsp3) is 0.467. The molecule has 1 unspecified atom stereocenters. The molecule has 2 aliphatic carbocycles. The van der Waals surface area contributed by atoms with Crippen LogP contribution in [0.5, 0.6) is 0 Å². The number of amides is 1. The lowest BCUT2D eigenvalue weighted by Gasteiger charge is -2.34. The van der Waals surface area contributed by atoms with Crippen LogP contribution in [0.3, 0.4) is 0 Å². The Hall–Kier alpha value is -3.88. The van der Waals surface area contributed by atoms with Crippen molar-refractivity contribution in [3.05, 3.63) is 54.0 Å². The number of anilines is 1. The number of hydrogen-bond acceptors (Lipinski definition) is 5. The number of ether oxygens (including phenoxy) is 1. The minimum absolute atomic E-state index is 0.0421. The number of hydrogen-bond donors (Lipinski definition) is 1. The number of nitrogens with zero attached hydrogens (tertiary/aromatic N) is 5. The van der Waals surface area contributed by atoms with Crippen LogP contribution in [0.15, 0.2) is 42.6 Å². The van der Waals surface area contributed by atoms with Gasteiger partial charge in [0.05, 0.1) is 41.5 Å². The molecule has 7 rings (SSSR count). The van der Waals surface area contributed by atoms with E-state index >= 15 is 0 Å². The van der Waals surface area contributed by atoms with E-state index in [1.807, 2.05) is 24.4 Å². The summed E-state index contributed by atoms with van der Waals surface area (Å²) >= 11 is 0. The third-order valence-corrected chi connectivity index (χ3v) is 9.26. The van der Waals surface area contributed by atoms with Crippen molar-refractivity contribution >= 4 is 39.7 Å². The second-order valence-electron chi connectivity index (χ2n) is 11.5. The molecule has 9 heteroatoms. The Morgan fingerprint density at radius 3 is 2.51 bits per heavy atom. The highest BCUT2D eigenvalue weighted by Crippen LogP contribution is 2.53. The molecular formula is C30H33N5O4. The molecule has 9 nitrogen and oxygen atoms in total. The first kappa shape index (κ1) is 24.2. The molecule has 0 radical (unpaired) electrons. The molecule has 1 amide bonds. The molecule has 4 aromatic rings. The lowest BCUT2D eigenvalue weighted by atomic mass is 9.85. The van der Waals surface area contributed by atoms with Gasteiger partial charge in [-0.15, -0.1) is 0 Å². The maximum absolute atomic E-state index is 12.7. The van der Waals surface area contributed by atoms with Crippen LogP contribution >= 0.6 is 0 Å². The van der Waals surface area contributed by atoms with Gasteiger partial charge in [-0.05, 0) is 76.5 Å². The van der Waals surface area contributed by atoms with E-state index in [1.165, 1.54) is 7.11 Å². The Kier molecular flexibility index (Phi) is 5.47. The maximum Gasteiger partial charge on any atom is 0.414 e. The van der Waals surface area contributed by atoms with Crippen LogP contribution in [0.25, 0.3) is 21.9 Å². The molecule has 1 aliphatic heterocycles. The quantitative estimate of drug-likeness (QED) is 0.368. The highest BCUT2D eigenvalue weighted by Gasteiger charge is 2.53. The van der Waals surface area contributed by atoms with E-state index in [-0.39, 0.29) is 29.6 Å². The van der Waals surface area contributed by atoms with Crippen LogP contribution in [0, 0.1) is 5.92 Å². The molecule has 39 heavy (non-hydrogen) atoms. The summed E-state index contributed by atoms with van der Waals surface area (Å²) in [6.45, 7) is 2.05. The van der Waals surface area contributed by atoms with Gasteiger partial charge in [-0.25, -0.2) is 9.78 Å². The number of carboxylic acids is 1. The van der Waals surface area contributed by atoms with E-state index in [0.717, 1.165) is 77.5 Å². The van der Waals surface area contributed by atoms with Crippen LogP contribution in [0.4, 0.5) is 10.5 Å². The number of benzene rings is 2. The molecule has 0 saturated heterocycles. The summed E-state index contributed by atoms with van der Waals surface area (Å²) < 4.78 is 9.69. The maximum atomic E-state index is 12.7. The Morgan fingerprint density at radius 1 is 1.03 bits per heavy atom. The van der Waals surface area contributed by atoms with Gasteiger partial charge in [-0.3, -0.25) is 14.4 Å². The normalized spacial score (nSPS) is 24.1. The van der Waals surface area contributed by atoms with Gasteiger partial charge in [0.1, 0.15) is 11.4 Å². The number of carbonyl (C=O) groups is 2. The molecule has 2 aromatic carbocycles. The number of methoxy groups -OCH3 is 1. The van der Waals surface area contributed by atoms with Crippen molar-refractivity contribution in [3.8, 4) is 0 Å². The second-order valence-corrected chi connectivity index (χ2v) is 11.5. The van der Waals surface area contributed by atoms with Crippen LogP contribution in [-0.2, 0) is 21.5 Å². The number of fused-ring (bicyclic) bond motifs is 4. The predicted molar refractivity (Wildman–Crippen MR) is 147 cm³/mol. The molecule has 3 heterocycles. The van der Waals surface area contributed by atoms with Gasteiger partial charge in [0, 0.05) is 23.0 Å². The average molecular weight is 528 g/mol. The minimum Gasteiger partial charge on any atom is -0.481 e. The van der Waals surface area contributed by atoms with Gasteiger partial charge < -0.3 is 14.4 Å². The fourth-order valence-corrected chi connectivity index (χ4v) is 7.02. The van der Waals surface area contributed by atoms with Gasteiger partial charge in [0.15, 0.2) is 0 Å². The molecule has 0 bridgehead atoms. The molecule has 2 fully saturated rings. The van der Waals surface area contributed by atoms with Crippen LogP contribution < -0.4 is 4.90 Å². The molecular weight excluding hydrogens is 494 g/mol. The molecule has 1 atom stereocenters. The van der Waals surface area contributed by atoms with E-state index in [0.29, 0.717) is 12.8 Å². The number of aryl methyl sites for hydroxylation is 1. The van der Waals surface area contributed by atoms with Gasteiger partial charge in [-0.2, -0.15) is 5.10 Å². The first-order chi connectivity index (χ1) is 18.9. The standard InChI is InChI=1S/C30H33N5O4/c1-18-7-12-22-24(33(18)29(38)39-2)13-14-25-26(22)32-28(34(25)21-10-8-19(9-11-21)27(36)37)30(15-16-30)35-23-6-4-3-5-20(23)17-31-35/h3-6,13-14,17-19,21H,7-12,15-16H2,1-2H3,(H,36,37). The van der Waals surface area contributed by atoms with Crippen molar-refractivity contribution in [2.24, 2.45) is 5.92 Å². The van der Waals surface area contributed by atoms with E-state index in [1.54, 1.807) is 4.90 Å². The van der Waals surface area contributed by atoms with Gasteiger partial charge >= 0.3 is 12.1 Å². The molecule has 3 aliphatic rings. The van der Waals surface area contributed by atoms with Gasteiger partial charge in [-0.1, -0.05) is 18.2 Å². The Balaban J connectivity index is 1.42. The fourth-order valence-electron chi connectivity index (χ4n) is 7.02. The summed E-state index contributed by atoms with van der Waals surface area (Å²) in [6, 6.07) is 12.6. The topological polar surface area (TPSA) is 102 Å². The summed E-state index contributed by atoms with van der Waals surface area (Å²) in [5.74, 6) is 0.0194. The van der Waals surface area contributed by atoms with Crippen molar-refractivity contribution in [2.45, 2.75) is 75.9 Å². The van der Waals surface area contributed by atoms with Crippen LogP contribution in [-0.4, -0.2) is 49.7 Å². The molecule has 0 spiro atoms. The summed E-state index contributed by atoms with van der Waals surface area (Å²) in [5.41, 5.74) is 4.69. The van der Waals surface area contributed by atoms with Crippen molar-refractivity contribution in [1.29, 1.82) is 0 Å². The molecule has 2 aromatic heterocycles. The van der Waals surface area contributed by atoms with E-state index in [2.05, 4.69) is 34.4 Å². The number of carboxylic acid groups (broad SMARTS) is 1. The summed E-state index contributed by atoms with van der Waals surface area (Å²) in [6.07, 6.45) is 8.06. The van der Waals surface area contributed by atoms with Crippen molar-refractivity contribution in [1.82, 2.24) is 19.3 Å². The van der Waals surface area contributed by atoms with Crippen LogP contribution in [0.1, 0.15) is 69.3 Å². The Labute approximate surface area is 226 Å².